The summed E-state index contributed by atoms with van der Waals surface area (Å²) < 4.78 is 5.71. The Morgan fingerprint density at radius 2 is 1.81 bits per heavy atom. The van der Waals surface area contributed by atoms with Gasteiger partial charge in [0, 0.05) is 6.07 Å². The van der Waals surface area contributed by atoms with E-state index in [1.54, 1.807) is 17.2 Å². The maximum atomic E-state index is 5.71. The summed E-state index contributed by atoms with van der Waals surface area (Å²) in [6.45, 7) is 0. The van der Waals surface area contributed by atoms with Crippen LogP contribution in [0.5, 0.6) is 0 Å². The molecule has 0 bridgehead atoms. The largest absolute Gasteiger partial charge is 0.414 e. The highest BCUT2D eigenvalue weighted by Crippen LogP contribution is 2.30. The van der Waals surface area contributed by atoms with Crippen molar-refractivity contribution in [2.75, 3.05) is 0 Å². The summed E-state index contributed by atoms with van der Waals surface area (Å²) >= 11 is 2.81. The van der Waals surface area contributed by atoms with Gasteiger partial charge in [0.25, 0.3) is 11.6 Å². The van der Waals surface area contributed by atoms with Gasteiger partial charge >= 0.3 is 0 Å². The van der Waals surface area contributed by atoms with Crippen LogP contribution in [0.4, 0.5) is 0 Å². The van der Waals surface area contributed by atoms with Crippen molar-refractivity contribution in [3.63, 3.8) is 0 Å². The lowest BCUT2D eigenvalue weighted by Crippen LogP contribution is -1.91. The van der Waals surface area contributed by atoms with Gasteiger partial charge < -0.3 is 4.42 Å². The molecule has 10 nitrogen and oxygen atoms in total. The van der Waals surface area contributed by atoms with Gasteiger partial charge in [-0.1, -0.05) is 0 Å². The summed E-state index contributed by atoms with van der Waals surface area (Å²) in [7, 11) is 0. The van der Waals surface area contributed by atoms with Crippen LogP contribution in [0.3, 0.4) is 0 Å². The zero-order valence-corrected chi connectivity index (χ0v) is 14.7. The van der Waals surface area contributed by atoms with E-state index in [0.29, 0.717) is 32.8 Å². The van der Waals surface area contributed by atoms with Gasteiger partial charge in [0.05, 0.1) is 28.5 Å². The lowest BCUT2D eigenvalue weighted by molar-refractivity contribution is 0.598. The molecule has 1 radical (unpaired) electrons. The van der Waals surface area contributed by atoms with Crippen LogP contribution in [-0.4, -0.2) is 45.5 Å². The fourth-order valence-electron chi connectivity index (χ4n) is 2.58. The number of nitrogens with zero attached hydrogens (tertiary/aromatic N) is 9. The minimum atomic E-state index is 0.233. The summed E-state index contributed by atoms with van der Waals surface area (Å²) in [5, 5.41) is 24.6. The zero-order valence-electron chi connectivity index (χ0n) is 13.1. The van der Waals surface area contributed by atoms with Crippen molar-refractivity contribution >= 4 is 54.6 Å². The van der Waals surface area contributed by atoms with Gasteiger partial charge in [-0.15, -0.1) is 48.2 Å². The summed E-state index contributed by atoms with van der Waals surface area (Å²) in [4.78, 5) is 14.4. The third-order valence-electron chi connectivity index (χ3n) is 3.80. The van der Waals surface area contributed by atoms with Gasteiger partial charge in [-0.2, -0.15) is 5.10 Å². The van der Waals surface area contributed by atoms with Gasteiger partial charge in [0.1, 0.15) is 16.6 Å². The second-order valence-corrected chi connectivity index (χ2v) is 7.05. The minimum absolute atomic E-state index is 0.233. The third-order valence-corrected chi connectivity index (χ3v) is 5.24. The van der Waals surface area contributed by atoms with Gasteiger partial charge in [0.15, 0.2) is 15.4 Å². The standard InChI is InChI=1S/C15H4N9OS2/c1-7(20-23-14-9(1)16-4-26-14)6-3-18-22-13-11(6)19-12(25-13)8-2-10-15(24-21-8)27-5-17-10/h1,3-5H. The van der Waals surface area contributed by atoms with E-state index in [2.05, 4.69) is 51.6 Å². The first-order valence-corrected chi connectivity index (χ1v) is 9.30. The Morgan fingerprint density at radius 1 is 0.926 bits per heavy atom. The second kappa shape index (κ2) is 5.49. The third kappa shape index (κ3) is 2.27. The molecule has 0 aliphatic carbocycles. The maximum Gasteiger partial charge on any atom is 0.267 e. The van der Waals surface area contributed by atoms with Crippen LogP contribution in [0.15, 0.2) is 27.7 Å². The van der Waals surface area contributed by atoms with Gasteiger partial charge in [-0.05, 0) is 6.07 Å². The van der Waals surface area contributed by atoms with E-state index in [-0.39, 0.29) is 11.6 Å². The van der Waals surface area contributed by atoms with Crippen LogP contribution in [0.2, 0.25) is 0 Å². The number of fused-ring (bicyclic) bond motifs is 3. The van der Waals surface area contributed by atoms with E-state index in [9.17, 15) is 0 Å². The molecule has 6 aromatic rings. The van der Waals surface area contributed by atoms with Crippen LogP contribution in [0, 0.1) is 6.07 Å². The number of hydrogen-bond acceptors (Lipinski definition) is 12. The Morgan fingerprint density at radius 3 is 2.81 bits per heavy atom. The Bertz CT molecular complexity index is 1450. The molecule has 0 saturated carbocycles. The summed E-state index contributed by atoms with van der Waals surface area (Å²) in [5.74, 6) is 0.233. The Hall–Kier alpha value is -3.51. The molecule has 0 atom stereocenters. The van der Waals surface area contributed by atoms with Crippen LogP contribution in [0.25, 0.3) is 54.8 Å². The normalized spacial score (nSPS) is 11.7. The van der Waals surface area contributed by atoms with Crippen molar-refractivity contribution in [3.05, 3.63) is 29.4 Å². The molecule has 0 amide bonds. The van der Waals surface area contributed by atoms with E-state index < -0.39 is 0 Å². The highest BCUT2D eigenvalue weighted by Gasteiger charge is 2.18. The molecule has 6 heterocycles. The summed E-state index contributed by atoms with van der Waals surface area (Å²) in [6, 6.07) is 4.88. The van der Waals surface area contributed by atoms with E-state index in [1.807, 2.05) is 6.07 Å². The first-order valence-electron chi connectivity index (χ1n) is 7.54. The zero-order chi connectivity index (χ0) is 17.8. The van der Waals surface area contributed by atoms with Crippen LogP contribution < -0.4 is 0 Å². The molecule has 0 aromatic carbocycles. The van der Waals surface area contributed by atoms with Crippen molar-refractivity contribution < 1.29 is 4.42 Å². The summed E-state index contributed by atoms with van der Waals surface area (Å²) in [5.41, 5.74) is 7.10. The quantitative estimate of drug-likeness (QED) is 0.435. The number of hydrogen-bond donors (Lipinski definition) is 0. The lowest BCUT2D eigenvalue weighted by atomic mass is 10.2. The van der Waals surface area contributed by atoms with Crippen molar-refractivity contribution in [3.8, 4) is 22.8 Å². The van der Waals surface area contributed by atoms with Crippen molar-refractivity contribution in [1.29, 1.82) is 0 Å². The predicted molar refractivity (Wildman–Crippen MR) is 96.8 cm³/mol. The average Bonchev–Trinajstić information content (AvgIpc) is 3.44. The Kier molecular flexibility index (Phi) is 2.98. The fraction of sp³-hybridized carbons (Fsp3) is 0. The Balaban J connectivity index is 1.54. The Labute approximate surface area is 157 Å². The van der Waals surface area contributed by atoms with Crippen molar-refractivity contribution in [1.82, 2.24) is 45.5 Å². The number of aromatic nitrogens is 9. The molecule has 127 valence electrons. The molecule has 0 spiro atoms. The molecule has 0 saturated heterocycles. The highest BCUT2D eigenvalue weighted by atomic mass is 32.1. The van der Waals surface area contributed by atoms with Gasteiger partial charge in [-0.3, -0.25) is 0 Å². The van der Waals surface area contributed by atoms with Crippen LogP contribution in [-0.2, 0) is 0 Å². The molecule has 0 N–H and O–H groups in total. The smallest absolute Gasteiger partial charge is 0.267 e. The van der Waals surface area contributed by atoms with E-state index in [1.165, 1.54) is 22.7 Å². The van der Waals surface area contributed by atoms with E-state index >= 15 is 0 Å². The van der Waals surface area contributed by atoms with Gasteiger partial charge in [0.2, 0.25) is 0 Å². The van der Waals surface area contributed by atoms with Crippen molar-refractivity contribution in [2.45, 2.75) is 0 Å². The van der Waals surface area contributed by atoms with Crippen LogP contribution >= 0.6 is 22.7 Å². The first kappa shape index (κ1) is 14.6. The van der Waals surface area contributed by atoms with E-state index in [4.69, 9.17) is 4.42 Å². The first-order chi connectivity index (χ1) is 13.3. The molecule has 0 fully saturated rings. The maximum absolute atomic E-state index is 5.71. The number of thiazole rings is 2. The average molecular weight is 390 g/mol. The molecule has 0 aliphatic heterocycles. The molecule has 12 heteroatoms. The highest BCUT2D eigenvalue weighted by molar-refractivity contribution is 7.16. The fourth-order valence-corrected chi connectivity index (χ4v) is 3.73. The monoisotopic (exact) mass is 390 g/mol. The van der Waals surface area contributed by atoms with Crippen LogP contribution in [0.1, 0.15) is 0 Å². The lowest BCUT2D eigenvalue weighted by Gasteiger charge is -1.98. The molecular weight excluding hydrogens is 386 g/mol. The minimum Gasteiger partial charge on any atom is -0.414 e. The second-order valence-electron chi connectivity index (χ2n) is 5.38. The SMILES string of the molecule is [c]1c(-c2nc3c(-c4cc5ncsc5nn4)cnnc3o2)nnc2scnc12. The molecule has 0 aliphatic rings. The molecule has 6 rings (SSSR count). The molecule has 6 aromatic heterocycles. The predicted octanol–water partition coefficient (Wildman–Crippen LogP) is 2.55. The molecule has 27 heavy (non-hydrogen) atoms. The van der Waals surface area contributed by atoms with Gasteiger partial charge in [-0.25, -0.2) is 15.0 Å². The van der Waals surface area contributed by atoms with Crippen molar-refractivity contribution in [2.24, 2.45) is 0 Å². The summed E-state index contributed by atoms with van der Waals surface area (Å²) in [6.07, 6.45) is 1.57. The van der Waals surface area contributed by atoms with E-state index in [0.717, 1.165) is 10.3 Å². The number of oxazole rings is 1. The molecule has 0 unspecified atom stereocenters. The number of rotatable bonds is 2. The molecular formula is C15H4N9OS2. The topological polar surface area (TPSA) is 129 Å².